The number of halogens is 3. The maximum atomic E-state index is 14.0. The van der Waals surface area contributed by atoms with Gasteiger partial charge in [-0.1, -0.05) is 30.3 Å². The Morgan fingerprint density at radius 1 is 1.20 bits per heavy atom. The molecule has 1 aromatic heterocycles. The lowest BCUT2D eigenvalue weighted by Crippen LogP contribution is -2.64. The molecule has 6 heteroatoms. The van der Waals surface area contributed by atoms with E-state index in [0.717, 1.165) is 30.7 Å². The summed E-state index contributed by atoms with van der Waals surface area (Å²) in [7, 11) is 0. The van der Waals surface area contributed by atoms with Gasteiger partial charge in [0.05, 0.1) is 12.7 Å². The first-order valence-electron chi connectivity index (χ1n) is 8.39. The van der Waals surface area contributed by atoms with Crippen LogP contribution < -0.4 is 4.90 Å². The molecule has 3 nitrogen and oxygen atoms in total. The molecule has 0 atom stereocenters. The van der Waals surface area contributed by atoms with Crippen molar-refractivity contribution in [3.63, 3.8) is 0 Å². The van der Waals surface area contributed by atoms with Crippen molar-refractivity contribution in [2.75, 3.05) is 18.0 Å². The largest absolute Gasteiger partial charge is 0.373 e. The SMILES string of the molecule is Fc1cc(C(F)F)cnc1N1CC2(CC(OCc3ccccc3)C2)C1. The zero-order valence-electron chi connectivity index (χ0n) is 13.7. The topological polar surface area (TPSA) is 25.4 Å². The lowest BCUT2D eigenvalue weighted by atomic mass is 9.61. The number of aromatic nitrogens is 1. The summed E-state index contributed by atoms with van der Waals surface area (Å²) in [5.41, 5.74) is 0.940. The summed E-state index contributed by atoms with van der Waals surface area (Å²) < 4.78 is 45.0. The third kappa shape index (κ3) is 3.23. The minimum Gasteiger partial charge on any atom is -0.373 e. The molecule has 4 rings (SSSR count). The number of ether oxygens (including phenoxy) is 1. The predicted molar refractivity (Wildman–Crippen MR) is 88.1 cm³/mol. The molecule has 1 aliphatic carbocycles. The van der Waals surface area contributed by atoms with Gasteiger partial charge in [0.15, 0.2) is 11.6 Å². The molecular formula is C19H19F3N2O. The Hall–Kier alpha value is -2.08. The van der Waals surface area contributed by atoms with E-state index in [-0.39, 0.29) is 22.9 Å². The number of hydrogen-bond donors (Lipinski definition) is 0. The van der Waals surface area contributed by atoms with Crippen molar-refractivity contribution in [2.45, 2.75) is 32.0 Å². The second-order valence-electron chi connectivity index (χ2n) is 7.06. The van der Waals surface area contributed by atoms with Crippen LogP contribution in [0.1, 0.15) is 30.4 Å². The van der Waals surface area contributed by atoms with Gasteiger partial charge in [-0.2, -0.15) is 0 Å². The van der Waals surface area contributed by atoms with Crippen LogP contribution >= 0.6 is 0 Å². The normalized spacial score (nSPS) is 19.1. The van der Waals surface area contributed by atoms with Crippen LogP contribution in [0, 0.1) is 11.2 Å². The maximum Gasteiger partial charge on any atom is 0.265 e. The van der Waals surface area contributed by atoms with E-state index in [4.69, 9.17) is 4.74 Å². The Labute approximate surface area is 144 Å². The quantitative estimate of drug-likeness (QED) is 0.804. The fraction of sp³-hybridized carbons (Fsp3) is 0.421. The molecule has 0 amide bonds. The summed E-state index contributed by atoms with van der Waals surface area (Å²) in [5, 5.41) is 0. The van der Waals surface area contributed by atoms with Crippen LogP contribution in [0.15, 0.2) is 42.6 Å². The lowest BCUT2D eigenvalue weighted by Gasteiger charge is -2.59. The number of benzene rings is 1. The molecule has 0 N–H and O–H groups in total. The number of rotatable bonds is 5. The van der Waals surface area contributed by atoms with Crippen LogP contribution in [0.25, 0.3) is 0 Å². The number of nitrogens with zero attached hydrogens (tertiary/aromatic N) is 2. The summed E-state index contributed by atoms with van der Waals surface area (Å²) in [5.74, 6) is -0.507. The molecule has 132 valence electrons. The van der Waals surface area contributed by atoms with Gasteiger partial charge in [0, 0.05) is 30.3 Å². The number of alkyl halides is 2. The molecule has 2 aliphatic rings. The van der Waals surface area contributed by atoms with Crippen LogP contribution in [0.3, 0.4) is 0 Å². The standard InChI is InChI=1S/C19H19F3N2O/c20-16-6-14(17(21)22)9-23-18(16)24-11-19(12-24)7-15(8-19)25-10-13-4-2-1-3-5-13/h1-6,9,15,17H,7-8,10-12H2. The monoisotopic (exact) mass is 348 g/mol. The molecule has 0 bridgehead atoms. The highest BCUT2D eigenvalue weighted by molar-refractivity contribution is 5.46. The van der Waals surface area contributed by atoms with Gasteiger partial charge in [-0.05, 0) is 24.5 Å². The van der Waals surface area contributed by atoms with Crippen molar-refractivity contribution >= 4 is 5.82 Å². The Bertz CT molecular complexity index is 740. The second-order valence-corrected chi connectivity index (χ2v) is 7.06. The van der Waals surface area contributed by atoms with Gasteiger partial charge in [-0.3, -0.25) is 0 Å². The molecule has 2 heterocycles. The van der Waals surface area contributed by atoms with E-state index in [2.05, 4.69) is 4.98 Å². The minimum absolute atomic E-state index is 0.164. The molecule has 1 saturated heterocycles. The smallest absolute Gasteiger partial charge is 0.265 e. The molecule has 1 aromatic carbocycles. The summed E-state index contributed by atoms with van der Waals surface area (Å²) in [4.78, 5) is 5.70. The number of anilines is 1. The highest BCUT2D eigenvalue weighted by atomic mass is 19.3. The second kappa shape index (κ2) is 6.33. The highest BCUT2D eigenvalue weighted by Crippen LogP contribution is 2.51. The number of hydrogen-bond acceptors (Lipinski definition) is 3. The molecule has 1 saturated carbocycles. The Kier molecular flexibility index (Phi) is 4.15. The molecular weight excluding hydrogens is 329 g/mol. The fourth-order valence-corrected chi connectivity index (χ4v) is 3.78. The van der Waals surface area contributed by atoms with Gasteiger partial charge in [0.25, 0.3) is 6.43 Å². The van der Waals surface area contributed by atoms with Crippen molar-refractivity contribution in [3.05, 3.63) is 59.5 Å². The van der Waals surface area contributed by atoms with Gasteiger partial charge < -0.3 is 9.64 Å². The van der Waals surface area contributed by atoms with Crippen molar-refractivity contribution < 1.29 is 17.9 Å². The van der Waals surface area contributed by atoms with E-state index in [1.807, 2.05) is 35.2 Å². The maximum absolute atomic E-state index is 14.0. The van der Waals surface area contributed by atoms with Crippen LogP contribution in [-0.2, 0) is 11.3 Å². The molecule has 2 fully saturated rings. The van der Waals surface area contributed by atoms with Gasteiger partial charge in [0.2, 0.25) is 0 Å². The Balaban J connectivity index is 1.27. The van der Waals surface area contributed by atoms with E-state index >= 15 is 0 Å². The third-order valence-electron chi connectivity index (χ3n) is 5.10. The molecule has 0 unspecified atom stereocenters. The van der Waals surface area contributed by atoms with E-state index in [9.17, 15) is 13.2 Å². The number of pyridine rings is 1. The zero-order valence-corrected chi connectivity index (χ0v) is 13.7. The van der Waals surface area contributed by atoms with E-state index in [1.54, 1.807) is 0 Å². The molecule has 1 aliphatic heterocycles. The van der Waals surface area contributed by atoms with Crippen LogP contribution in [-0.4, -0.2) is 24.2 Å². The van der Waals surface area contributed by atoms with Crippen LogP contribution in [0.5, 0.6) is 0 Å². The fourth-order valence-electron chi connectivity index (χ4n) is 3.78. The van der Waals surface area contributed by atoms with Gasteiger partial charge in [0.1, 0.15) is 0 Å². The van der Waals surface area contributed by atoms with Crippen molar-refractivity contribution in [3.8, 4) is 0 Å². The molecule has 1 spiro atoms. The zero-order chi connectivity index (χ0) is 17.4. The van der Waals surface area contributed by atoms with E-state index < -0.39 is 12.2 Å². The van der Waals surface area contributed by atoms with Gasteiger partial charge >= 0.3 is 0 Å². The van der Waals surface area contributed by atoms with Crippen molar-refractivity contribution in [2.24, 2.45) is 5.41 Å². The van der Waals surface area contributed by atoms with E-state index in [0.29, 0.717) is 19.7 Å². The van der Waals surface area contributed by atoms with Crippen molar-refractivity contribution in [1.82, 2.24) is 4.98 Å². The third-order valence-corrected chi connectivity index (χ3v) is 5.10. The molecule has 2 aromatic rings. The summed E-state index contributed by atoms with van der Waals surface area (Å²) in [6.45, 7) is 2.02. The van der Waals surface area contributed by atoms with Crippen LogP contribution in [0.2, 0.25) is 0 Å². The minimum atomic E-state index is -2.70. The van der Waals surface area contributed by atoms with Gasteiger partial charge in [-0.25, -0.2) is 18.2 Å². The van der Waals surface area contributed by atoms with Gasteiger partial charge in [-0.15, -0.1) is 0 Å². The molecule has 0 radical (unpaired) electrons. The highest BCUT2D eigenvalue weighted by Gasteiger charge is 2.53. The summed E-state index contributed by atoms with van der Waals surface area (Å²) >= 11 is 0. The summed E-state index contributed by atoms with van der Waals surface area (Å²) in [6, 6.07) is 10.9. The van der Waals surface area contributed by atoms with E-state index in [1.165, 1.54) is 0 Å². The Morgan fingerprint density at radius 3 is 2.56 bits per heavy atom. The first kappa shape index (κ1) is 16.4. The summed E-state index contributed by atoms with van der Waals surface area (Å²) in [6.07, 6.45) is 0.495. The lowest BCUT2D eigenvalue weighted by molar-refractivity contribution is -0.0999. The first-order valence-corrected chi connectivity index (χ1v) is 8.39. The average Bonchev–Trinajstić information content (AvgIpc) is 2.53. The predicted octanol–water partition coefficient (Wildman–Crippen LogP) is 4.34. The van der Waals surface area contributed by atoms with Crippen molar-refractivity contribution in [1.29, 1.82) is 0 Å². The van der Waals surface area contributed by atoms with Crippen LogP contribution in [0.4, 0.5) is 19.0 Å². The first-order chi connectivity index (χ1) is 12.0. The molecule has 25 heavy (non-hydrogen) atoms. The average molecular weight is 348 g/mol. The Morgan fingerprint density at radius 2 is 1.92 bits per heavy atom.